The Kier molecular flexibility index (Phi) is 5.91. The van der Waals surface area contributed by atoms with Gasteiger partial charge in [0.25, 0.3) is 0 Å². The second kappa shape index (κ2) is 8.35. The van der Waals surface area contributed by atoms with Crippen molar-refractivity contribution in [1.82, 2.24) is 24.9 Å². The van der Waals surface area contributed by atoms with E-state index in [-0.39, 0.29) is 11.8 Å². The summed E-state index contributed by atoms with van der Waals surface area (Å²) in [5.74, 6) is 0.144. The lowest BCUT2D eigenvalue weighted by Crippen LogP contribution is -2.53. The Morgan fingerprint density at radius 1 is 1.15 bits per heavy atom. The molecular weight excluding hydrogens is 342 g/mol. The number of aryl methyl sites for hydroxylation is 2. The average Bonchev–Trinajstić information content (AvgIpc) is 3.10. The van der Waals surface area contributed by atoms with Gasteiger partial charge < -0.3 is 15.1 Å². The molecule has 0 radical (unpaired) electrons. The maximum absolute atomic E-state index is 12.9. The van der Waals surface area contributed by atoms with E-state index in [1.807, 2.05) is 54.2 Å². The van der Waals surface area contributed by atoms with Crippen LogP contribution in [0.1, 0.15) is 22.7 Å². The van der Waals surface area contributed by atoms with E-state index < -0.39 is 6.04 Å². The quantitative estimate of drug-likeness (QED) is 0.850. The van der Waals surface area contributed by atoms with Crippen molar-refractivity contribution in [2.24, 2.45) is 7.05 Å². The number of carbonyl (C=O) groups is 2. The first kappa shape index (κ1) is 19.1. The normalized spacial score (nSPS) is 15.7. The van der Waals surface area contributed by atoms with E-state index in [2.05, 4.69) is 10.4 Å². The van der Waals surface area contributed by atoms with Gasteiger partial charge in [0, 0.05) is 45.0 Å². The van der Waals surface area contributed by atoms with Crippen LogP contribution in [-0.4, -0.2) is 64.6 Å². The molecule has 1 aliphatic rings. The van der Waals surface area contributed by atoms with Crippen molar-refractivity contribution < 1.29 is 9.59 Å². The molecule has 1 aromatic carbocycles. The first-order valence-electron chi connectivity index (χ1n) is 9.26. The van der Waals surface area contributed by atoms with E-state index in [1.165, 1.54) is 0 Å². The zero-order valence-corrected chi connectivity index (χ0v) is 16.2. The molecule has 27 heavy (non-hydrogen) atoms. The minimum absolute atomic E-state index is 0.0245. The van der Waals surface area contributed by atoms with E-state index in [0.29, 0.717) is 32.6 Å². The Hall–Kier alpha value is -2.67. The van der Waals surface area contributed by atoms with Crippen LogP contribution in [0.3, 0.4) is 0 Å². The topological polar surface area (TPSA) is 70.5 Å². The molecule has 0 spiro atoms. The minimum Gasteiger partial charge on any atom is -0.339 e. The lowest BCUT2D eigenvalue weighted by Gasteiger charge is -2.36. The molecule has 1 atom stereocenters. The van der Waals surface area contributed by atoms with Gasteiger partial charge in [0.05, 0.1) is 12.6 Å². The van der Waals surface area contributed by atoms with E-state index in [9.17, 15) is 9.59 Å². The molecule has 7 nitrogen and oxygen atoms in total. The van der Waals surface area contributed by atoms with Gasteiger partial charge in [-0.1, -0.05) is 24.3 Å². The molecule has 0 bridgehead atoms. The second-order valence-electron chi connectivity index (χ2n) is 6.98. The third-order valence-corrected chi connectivity index (χ3v) is 5.14. The summed E-state index contributed by atoms with van der Waals surface area (Å²) in [5, 5.41) is 7.22. The predicted molar refractivity (Wildman–Crippen MR) is 103 cm³/mol. The number of nitrogens with zero attached hydrogens (tertiary/aromatic N) is 4. The molecule has 144 valence electrons. The van der Waals surface area contributed by atoms with Crippen molar-refractivity contribution in [2.75, 3.05) is 33.2 Å². The van der Waals surface area contributed by atoms with Crippen molar-refractivity contribution in [3.63, 3.8) is 0 Å². The van der Waals surface area contributed by atoms with Crippen LogP contribution in [-0.2, 0) is 23.1 Å². The fourth-order valence-corrected chi connectivity index (χ4v) is 3.46. The van der Waals surface area contributed by atoms with Gasteiger partial charge in [-0.25, -0.2) is 0 Å². The van der Waals surface area contributed by atoms with Gasteiger partial charge >= 0.3 is 0 Å². The van der Waals surface area contributed by atoms with Crippen LogP contribution in [0.25, 0.3) is 0 Å². The van der Waals surface area contributed by atoms with Crippen LogP contribution in [0.5, 0.6) is 0 Å². The van der Waals surface area contributed by atoms with Gasteiger partial charge in [-0.05, 0) is 25.1 Å². The van der Waals surface area contributed by atoms with Crippen LogP contribution in [0.2, 0.25) is 0 Å². The summed E-state index contributed by atoms with van der Waals surface area (Å²) in [7, 11) is 3.61. The molecule has 0 aliphatic carbocycles. The summed E-state index contributed by atoms with van der Waals surface area (Å²) < 4.78 is 1.69. The highest BCUT2D eigenvalue weighted by Crippen LogP contribution is 2.17. The molecule has 7 heteroatoms. The lowest BCUT2D eigenvalue weighted by molar-refractivity contribution is -0.140. The SMILES string of the molecule is CNC(C(=O)N1CCN(C(=O)Cc2ccccc2C)CC1)c1cnn(C)c1. The Bertz CT molecular complexity index is 808. The van der Waals surface area contributed by atoms with E-state index in [4.69, 9.17) is 0 Å². The number of likely N-dealkylation sites (N-methyl/N-ethyl adjacent to an activating group) is 1. The zero-order valence-electron chi connectivity index (χ0n) is 16.2. The average molecular weight is 369 g/mol. The van der Waals surface area contributed by atoms with Crippen molar-refractivity contribution in [2.45, 2.75) is 19.4 Å². The summed E-state index contributed by atoms with van der Waals surface area (Å²) in [5.41, 5.74) is 3.05. The van der Waals surface area contributed by atoms with Crippen LogP contribution in [0, 0.1) is 6.92 Å². The number of rotatable bonds is 5. The molecule has 1 saturated heterocycles. The molecular formula is C20H27N5O2. The third kappa shape index (κ3) is 4.36. The van der Waals surface area contributed by atoms with Gasteiger partial charge in [-0.2, -0.15) is 5.10 Å². The summed E-state index contributed by atoms with van der Waals surface area (Å²) in [6.07, 6.45) is 3.97. The molecule has 3 rings (SSSR count). The van der Waals surface area contributed by atoms with Crippen LogP contribution in [0.4, 0.5) is 0 Å². The maximum atomic E-state index is 12.9. The molecule has 1 unspecified atom stereocenters. The number of benzene rings is 1. The summed E-state index contributed by atoms with van der Waals surface area (Å²) >= 11 is 0. The Labute approximate surface area is 159 Å². The largest absolute Gasteiger partial charge is 0.339 e. The van der Waals surface area contributed by atoms with E-state index in [1.54, 1.807) is 17.9 Å². The van der Waals surface area contributed by atoms with Crippen molar-refractivity contribution >= 4 is 11.8 Å². The number of amides is 2. The van der Waals surface area contributed by atoms with Crippen molar-refractivity contribution in [3.8, 4) is 0 Å². The number of carbonyl (C=O) groups excluding carboxylic acids is 2. The molecule has 1 aliphatic heterocycles. The second-order valence-corrected chi connectivity index (χ2v) is 6.98. The maximum Gasteiger partial charge on any atom is 0.244 e. The Balaban J connectivity index is 1.57. The van der Waals surface area contributed by atoms with Gasteiger partial charge in [0.2, 0.25) is 11.8 Å². The van der Waals surface area contributed by atoms with Gasteiger partial charge in [-0.15, -0.1) is 0 Å². The van der Waals surface area contributed by atoms with E-state index >= 15 is 0 Å². The number of hydrogen-bond acceptors (Lipinski definition) is 4. The van der Waals surface area contributed by atoms with Crippen LogP contribution >= 0.6 is 0 Å². The highest BCUT2D eigenvalue weighted by molar-refractivity contribution is 5.84. The Morgan fingerprint density at radius 2 is 1.81 bits per heavy atom. The molecule has 1 N–H and O–H groups in total. The van der Waals surface area contributed by atoms with Crippen LogP contribution in [0.15, 0.2) is 36.7 Å². The molecule has 2 aromatic rings. The summed E-state index contributed by atoms with van der Waals surface area (Å²) in [6.45, 7) is 4.27. The molecule has 1 fully saturated rings. The number of hydrogen-bond donors (Lipinski definition) is 1. The minimum atomic E-state index is -0.409. The Morgan fingerprint density at radius 3 is 2.41 bits per heavy atom. The van der Waals surface area contributed by atoms with Crippen molar-refractivity contribution in [1.29, 1.82) is 0 Å². The molecule has 2 amide bonds. The monoisotopic (exact) mass is 369 g/mol. The number of nitrogens with one attached hydrogen (secondary N) is 1. The number of piperazine rings is 1. The smallest absolute Gasteiger partial charge is 0.244 e. The van der Waals surface area contributed by atoms with Gasteiger partial charge in [0.15, 0.2) is 0 Å². The summed E-state index contributed by atoms with van der Waals surface area (Å²) in [6, 6.07) is 7.55. The summed E-state index contributed by atoms with van der Waals surface area (Å²) in [4.78, 5) is 29.2. The standard InChI is InChI=1S/C20H27N5O2/c1-15-6-4-5-7-16(15)12-18(26)24-8-10-25(11-9-24)20(27)19(21-2)17-13-22-23(3)14-17/h4-7,13-14,19,21H,8-12H2,1-3H3. The first-order valence-corrected chi connectivity index (χ1v) is 9.26. The first-order chi connectivity index (χ1) is 13.0. The predicted octanol–water partition coefficient (Wildman–Crippen LogP) is 0.903. The highest BCUT2D eigenvalue weighted by atomic mass is 16.2. The number of aromatic nitrogens is 2. The third-order valence-electron chi connectivity index (χ3n) is 5.14. The molecule has 2 heterocycles. The fourth-order valence-electron chi connectivity index (χ4n) is 3.46. The van der Waals surface area contributed by atoms with Crippen molar-refractivity contribution in [3.05, 3.63) is 53.3 Å². The lowest BCUT2D eigenvalue weighted by atomic mass is 10.0. The molecule has 0 saturated carbocycles. The fraction of sp³-hybridized carbons (Fsp3) is 0.450. The highest BCUT2D eigenvalue weighted by Gasteiger charge is 2.29. The van der Waals surface area contributed by atoms with Gasteiger partial charge in [-0.3, -0.25) is 14.3 Å². The molecule has 1 aromatic heterocycles. The zero-order chi connectivity index (χ0) is 19.4. The van der Waals surface area contributed by atoms with Crippen LogP contribution < -0.4 is 5.32 Å². The van der Waals surface area contributed by atoms with Gasteiger partial charge in [0.1, 0.15) is 6.04 Å². The van der Waals surface area contributed by atoms with E-state index in [0.717, 1.165) is 16.7 Å².